The van der Waals surface area contributed by atoms with E-state index in [1.165, 1.54) is 0 Å². The van der Waals surface area contributed by atoms with Gasteiger partial charge < -0.3 is 10.4 Å². The van der Waals surface area contributed by atoms with Crippen molar-refractivity contribution in [3.8, 4) is 0 Å². The van der Waals surface area contributed by atoms with Crippen LogP contribution in [0.3, 0.4) is 0 Å². The zero-order chi connectivity index (χ0) is 15.4. The zero-order valence-electron chi connectivity index (χ0n) is 10.8. The average molecular weight is 294 g/mol. The summed E-state index contributed by atoms with van der Waals surface area (Å²) in [5, 5.41) is 22.4. The molecule has 7 heteroatoms. The molecule has 21 heavy (non-hydrogen) atoms. The summed E-state index contributed by atoms with van der Waals surface area (Å²) in [4.78, 5) is 10.1. The monoisotopic (exact) mass is 294 g/mol. The lowest BCUT2D eigenvalue weighted by Crippen LogP contribution is -2.06. The highest BCUT2D eigenvalue weighted by molar-refractivity contribution is 5.62. The van der Waals surface area contributed by atoms with Gasteiger partial charge in [0, 0.05) is 12.6 Å². The molecule has 0 aliphatic carbocycles. The molecular formula is C14H12F2N2O3. The fourth-order valence-electron chi connectivity index (χ4n) is 1.89. The molecule has 2 aromatic carbocycles. The molecule has 2 N–H and O–H groups in total. The third-order valence-electron chi connectivity index (χ3n) is 2.91. The number of benzene rings is 2. The van der Waals surface area contributed by atoms with E-state index in [4.69, 9.17) is 5.11 Å². The van der Waals surface area contributed by atoms with Crippen LogP contribution in [-0.4, -0.2) is 10.0 Å². The molecule has 0 unspecified atom stereocenters. The van der Waals surface area contributed by atoms with Gasteiger partial charge in [-0.3, -0.25) is 10.1 Å². The van der Waals surface area contributed by atoms with Crippen molar-refractivity contribution in [3.63, 3.8) is 0 Å². The highest BCUT2D eigenvalue weighted by atomic mass is 19.2. The molecule has 0 saturated heterocycles. The molecule has 0 atom stereocenters. The quantitative estimate of drug-likeness (QED) is 0.656. The maximum atomic E-state index is 13.7. The van der Waals surface area contributed by atoms with E-state index >= 15 is 0 Å². The first kappa shape index (κ1) is 14.9. The van der Waals surface area contributed by atoms with E-state index < -0.39 is 27.9 Å². The first-order valence-electron chi connectivity index (χ1n) is 6.08. The van der Waals surface area contributed by atoms with Crippen molar-refractivity contribution in [1.29, 1.82) is 0 Å². The first-order chi connectivity index (χ1) is 10.0. The first-order valence-corrected chi connectivity index (χ1v) is 6.08. The number of aliphatic hydroxyl groups excluding tert-OH is 1. The van der Waals surface area contributed by atoms with Crippen LogP contribution in [0, 0.1) is 21.7 Å². The fourth-order valence-corrected chi connectivity index (χ4v) is 1.89. The molecule has 2 rings (SSSR count). The van der Waals surface area contributed by atoms with Gasteiger partial charge in [-0.2, -0.15) is 0 Å². The van der Waals surface area contributed by atoms with Crippen LogP contribution < -0.4 is 5.32 Å². The van der Waals surface area contributed by atoms with Gasteiger partial charge in [0.15, 0.2) is 17.3 Å². The van der Waals surface area contributed by atoms with Crippen molar-refractivity contribution in [2.75, 3.05) is 5.32 Å². The highest BCUT2D eigenvalue weighted by Gasteiger charge is 2.21. The van der Waals surface area contributed by atoms with E-state index in [1.807, 2.05) is 0 Å². The number of hydrogen-bond donors (Lipinski definition) is 2. The SMILES string of the molecule is O=[N+]([O-])c1ccc(F)c(F)c1NCc1cccc(CO)c1. The van der Waals surface area contributed by atoms with E-state index in [9.17, 15) is 18.9 Å². The maximum Gasteiger partial charge on any atom is 0.295 e. The third kappa shape index (κ3) is 3.32. The minimum atomic E-state index is -1.29. The molecular weight excluding hydrogens is 282 g/mol. The van der Waals surface area contributed by atoms with Crippen molar-refractivity contribution < 1.29 is 18.8 Å². The zero-order valence-corrected chi connectivity index (χ0v) is 10.8. The minimum Gasteiger partial charge on any atom is -0.392 e. The summed E-state index contributed by atoms with van der Waals surface area (Å²) in [6.45, 7) is -0.0859. The maximum absolute atomic E-state index is 13.7. The van der Waals surface area contributed by atoms with Crippen molar-refractivity contribution in [2.24, 2.45) is 0 Å². The fraction of sp³-hybridized carbons (Fsp3) is 0.143. The van der Waals surface area contributed by atoms with E-state index in [0.29, 0.717) is 17.2 Å². The smallest absolute Gasteiger partial charge is 0.295 e. The lowest BCUT2D eigenvalue weighted by atomic mass is 10.1. The Bertz CT molecular complexity index is 677. The number of rotatable bonds is 5. The number of halogens is 2. The molecule has 110 valence electrons. The molecule has 5 nitrogen and oxygen atoms in total. The van der Waals surface area contributed by atoms with Gasteiger partial charge >= 0.3 is 0 Å². The van der Waals surface area contributed by atoms with Crippen LogP contribution in [0.5, 0.6) is 0 Å². The molecule has 0 aromatic heterocycles. The Labute approximate surface area is 119 Å². The predicted molar refractivity (Wildman–Crippen MR) is 72.7 cm³/mol. The number of nitro groups is 1. The highest BCUT2D eigenvalue weighted by Crippen LogP contribution is 2.29. The van der Waals surface area contributed by atoms with E-state index in [0.717, 1.165) is 6.07 Å². The Balaban J connectivity index is 2.26. The summed E-state index contributed by atoms with van der Waals surface area (Å²) >= 11 is 0. The van der Waals surface area contributed by atoms with Crippen molar-refractivity contribution >= 4 is 11.4 Å². The van der Waals surface area contributed by atoms with Crippen LogP contribution in [0.15, 0.2) is 36.4 Å². The molecule has 0 fully saturated rings. The lowest BCUT2D eigenvalue weighted by molar-refractivity contribution is -0.384. The van der Waals surface area contributed by atoms with Gasteiger partial charge in [0.2, 0.25) is 0 Å². The Morgan fingerprint density at radius 3 is 2.57 bits per heavy atom. The summed E-state index contributed by atoms with van der Waals surface area (Å²) in [6.07, 6.45) is 0. The van der Waals surface area contributed by atoms with Gasteiger partial charge in [-0.25, -0.2) is 8.78 Å². The van der Waals surface area contributed by atoms with Crippen LogP contribution in [0.4, 0.5) is 20.2 Å². The molecule has 0 saturated carbocycles. The summed E-state index contributed by atoms with van der Waals surface area (Å²) in [5.41, 5.74) is 0.310. The van der Waals surface area contributed by atoms with E-state index in [1.54, 1.807) is 24.3 Å². The minimum absolute atomic E-state index is 0.0645. The molecule has 0 bridgehead atoms. The van der Waals surface area contributed by atoms with Crippen LogP contribution >= 0.6 is 0 Å². The van der Waals surface area contributed by atoms with E-state index in [-0.39, 0.29) is 13.2 Å². The van der Waals surface area contributed by atoms with Crippen LogP contribution in [0.2, 0.25) is 0 Å². The second-order valence-corrected chi connectivity index (χ2v) is 4.34. The van der Waals surface area contributed by atoms with Gasteiger partial charge in [-0.1, -0.05) is 24.3 Å². The molecule has 0 radical (unpaired) electrons. The molecule has 0 spiro atoms. The normalized spacial score (nSPS) is 10.4. The molecule has 2 aromatic rings. The van der Waals surface area contributed by atoms with Crippen LogP contribution in [0.1, 0.15) is 11.1 Å². The lowest BCUT2D eigenvalue weighted by Gasteiger charge is -2.09. The van der Waals surface area contributed by atoms with E-state index in [2.05, 4.69) is 5.32 Å². The molecule has 0 aliphatic rings. The summed E-state index contributed by atoms with van der Waals surface area (Å²) < 4.78 is 26.9. The largest absolute Gasteiger partial charge is 0.392 e. The molecule has 0 aliphatic heterocycles. The topological polar surface area (TPSA) is 75.4 Å². The summed E-state index contributed by atoms with van der Waals surface area (Å²) in [7, 11) is 0. The number of anilines is 1. The second-order valence-electron chi connectivity index (χ2n) is 4.34. The van der Waals surface area contributed by atoms with Crippen molar-refractivity contribution in [2.45, 2.75) is 13.2 Å². The second kappa shape index (κ2) is 6.27. The third-order valence-corrected chi connectivity index (χ3v) is 2.91. The predicted octanol–water partition coefficient (Wildman–Crippen LogP) is 2.98. The molecule has 0 heterocycles. The van der Waals surface area contributed by atoms with Crippen LogP contribution in [-0.2, 0) is 13.2 Å². The van der Waals surface area contributed by atoms with Crippen molar-refractivity contribution in [3.05, 3.63) is 69.3 Å². The van der Waals surface area contributed by atoms with Gasteiger partial charge in [-0.15, -0.1) is 0 Å². The van der Waals surface area contributed by atoms with Gasteiger partial charge in [0.1, 0.15) is 0 Å². The van der Waals surface area contributed by atoms with Crippen LogP contribution in [0.25, 0.3) is 0 Å². The Kier molecular flexibility index (Phi) is 4.44. The Hall–Kier alpha value is -2.54. The van der Waals surface area contributed by atoms with Gasteiger partial charge in [-0.05, 0) is 17.2 Å². The summed E-state index contributed by atoms with van der Waals surface area (Å²) in [6, 6.07) is 8.38. The Morgan fingerprint density at radius 1 is 1.19 bits per heavy atom. The van der Waals surface area contributed by atoms with Crippen molar-refractivity contribution in [1.82, 2.24) is 0 Å². The number of aliphatic hydroxyl groups is 1. The number of nitrogens with zero attached hydrogens (tertiary/aromatic N) is 1. The number of hydrogen-bond acceptors (Lipinski definition) is 4. The average Bonchev–Trinajstić information content (AvgIpc) is 2.48. The van der Waals surface area contributed by atoms with Gasteiger partial charge in [0.25, 0.3) is 5.69 Å². The molecule has 0 amide bonds. The number of nitro benzene ring substituents is 1. The summed E-state index contributed by atoms with van der Waals surface area (Å²) in [5.74, 6) is -2.45. The standard InChI is InChI=1S/C14H12F2N2O3/c15-11-4-5-12(18(20)21)14(13(11)16)17-7-9-2-1-3-10(6-9)8-19/h1-6,17,19H,7-8H2. The number of nitrogens with one attached hydrogen (secondary N) is 1. The van der Waals surface area contributed by atoms with Gasteiger partial charge in [0.05, 0.1) is 11.5 Å². The Morgan fingerprint density at radius 2 is 1.90 bits per heavy atom.